The molecule has 0 aliphatic carbocycles. The molecule has 5 nitrogen and oxygen atoms in total. The lowest BCUT2D eigenvalue weighted by atomic mass is 10.1. The molecule has 7 heteroatoms. The minimum Gasteiger partial charge on any atom is -0.477 e. The van der Waals surface area contributed by atoms with E-state index in [1.165, 1.54) is 0 Å². The molecule has 92 valence electrons. The predicted molar refractivity (Wildman–Crippen MR) is 57.2 cm³/mol. The molecule has 0 fully saturated rings. The number of carbonyl (C=O) groups is 1. The third-order valence-corrected chi connectivity index (χ3v) is 2.24. The Morgan fingerprint density at radius 1 is 1.28 bits per heavy atom. The first kappa shape index (κ1) is 11.9. The van der Waals surface area contributed by atoms with Gasteiger partial charge in [-0.05, 0) is 18.2 Å². The van der Waals surface area contributed by atoms with E-state index in [-0.39, 0.29) is 11.3 Å². The third kappa shape index (κ3) is 2.10. The molecule has 2 rings (SSSR count). The molecule has 0 aliphatic rings. The van der Waals surface area contributed by atoms with E-state index in [0.29, 0.717) is 6.07 Å². The molecule has 0 radical (unpaired) electrons. The normalized spacial score (nSPS) is 10.3. The van der Waals surface area contributed by atoms with Crippen molar-refractivity contribution in [2.45, 2.75) is 0 Å². The number of hydrogen-bond donors (Lipinski definition) is 2. The summed E-state index contributed by atoms with van der Waals surface area (Å²) in [7, 11) is 0. The zero-order valence-electron chi connectivity index (χ0n) is 8.78. The minimum atomic E-state index is -1.46. The van der Waals surface area contributed by atoms with Crippen LogP contribution in [0.2, 0.25) is 0 Å². The Balaban J connectivity index is 2.61. The van der Waals surface area contributed by atoms with E-state index in [2.05, 4.69) is 5.10 Å². The zero-order chi connectivity index (χ0) is 13.3. The summed E-state index contributed by atoms with van der Waals surface area (Å²) in [6, 6.07) is 3.68. The maximum absolute atomic E-state index is 13.5. The highest BCUT2D eigenvalue weighted by atomic mass is 19.1. The van der Waals surface area contributed by atoms with E-state index in [4.69, 9.17) is 5.11 Å². The maximum atomic E-state index is 13.5. The fraction of sp³-hybridized carbons (Fsp3) is 0. The van der Waals surface area contributed by atoms with Gasteiger partial charge in [-0.3, -0.25) is 4.79 Å². The Bertz CT molecular complexity index is 682. The van der Waals surface area contributed by atoms with E-state index < -0.39 is 28.7 Å². The van der Waals surface area contributed by atoms with Gasteiger partial charge < -0.3 is 5.11 Å². The van der Waals surface area contributed by atoms with E-state index >= 15 is 0 Å². The Morgan fingerprint density at radius 2 is 2.00 bits per heavy atom. The van der Waals surface area contributed by atoms with Gasteiger partial charge in [-0.15, -0.1) is 0 Å². The summed E-state index contributed by atoms with van der Waals surface area (Å²) in [5.41, 5.74) is -1.66. The molecule has 0 bridgehead atoms. The summed E-state index contributed by atoms with van der Waals surface area (Å²) in [4.78, 5) is 21.9. The Hall–Kier alpha value is -2.57. The van der Waals surface area contributed by atoms with Gasteiger partial charge in [0.25, 0.3) is 5.56 Å². The Kier molecular flexibility index (Phi) is 2.88. The highest BCUT2D eigenvalue weighted by molar-refractivity contribution is 5.88. The highest BCUT2D eigenvalue weighted by Gasteiger charge is 2.14. The monoisotopic (exact) mass is 252 g/mol. The average Bonchev–Trinajstić information content (AvgIpc) is 2.30. The molecular formula is C11H6F2N2O3. The molecule has 0 atom stereocenters. The van der Waals surface area contributed by atoms with Crippen LogP contribution in [0.25, 0.3) is 11.3 Å². The molecule has 2 aromatic rings. The number of H-pyrrole nitrogens is 1. The van der Waals surface area contributed by atoms with Crippen molar-refractivity contribution >= 4 is 5.97 Å². The van der Waals surface area contributed by atoms with Crippen molar-refractivity contribution in [3.05, 3.63) is 51.8 Å². The first-order valence-corrected chi connectivity index (χ1v) is 4.77. The third-order valence-electron chi connectivity index (χ3n) is 2.24. The second-order valence-corrected chi connectivity index (χ2v) is 3.43. The number of hydrogen-bond acceptors (Lipinski definition) is 3. The standard InChI is InChI=1S/C11H6F2N2O3/c12-5-1-2-6(8(13)3-5)9-4-7(11(17)18)10(16)15-14-9/h1-4H,(H,15,16)(H,17,18). The van der Waals surface area contributed by atoms with Gasteiger partial charge in [-0.2, -0.15) is 5.10 Å². The fourth-order valence-electron chi connectivity index (χ4n) is 1.40. The van der Waals surface area contributed by atoms with Crippen molar-refractivity contribution in [1.29, 1.82) is 0 Å². The molecule has 0 saturated heterocycles. The molecule has 2 N–H and O–H groups in total. The number of nitrogens with zero attached hydrogens (tertiary/aromatic N) is 1. The fourth-order valence-corrected chi connectivity index (χ4v) is 1.40. The number of benzene rings is 1. The van der Waals surface area contributed by atoms with Gasteiger partial charge in [0.2, 0.25) is 0 Å². The lowest BCUT2D eigenvalue weighted by Gasteiger charge is -2.03. The van der Waals surface area contributed by atoms with E-state index in [0.717, 1.165) is 18.2 Å². The predicted octanol–water partition coefficient (Wildman–Crippen LogP) is 1.41. The molecule has 1 heterocycles. The van der Waals surface area contributed by atoms with Crippen molar-refractivity contribution in [1.82, 2.24) is 10.2 Å². The highest BCUT2D eigenvalue weighted by Crippen LogP contribution is 2.20. The van der Waals surface area contributed by atoms with Gasteiger partial charge in [-0.25, -0.2) is 18.7 Å². The van der Waals surface area contributed by atoms with E-state index in [1.807, 2.05) is 5.10 Å². The molecule has 0 unspecified atom stereocenters. The molecule has 1 aromatic carbocycles. The van der Waals surface area contributed by atoms with Crippen LogP contribution in [0.15, 0.2) is 29.1 Å². The van der Waals surface area contributed by atoms with Gasteiger partial charge in [0.15, 0.2) is 0 Å². The number of aromatic nitrogens is 2. The van der Waals surface area contributed by atoms with Crippen molar-refractivity contribution in [2.24, 2.45) is 0 Å². The topological polar surface area (TPSA) is 83.0 Å². The van der Waals surface area contributed by atoms with Crippen LogP contribution in [-0.4, -0.2) is 21.3 Å². The van der Waals surface area contributed by atoms with Crippen molar-refractivity contribution < 1.29 is 18.7 Å². The molecule has 18 heavy (non-hydrogen) atoms. The molecule has 0 spiro atoms. The van der Waals surface area contributed by atoms with E-state index in [9.17, 15) is 18.4 Å². The number of aromatic amines is 1. The zero-order valence-corrected chi connectivity index (χ0v) is 8.78. The first-order chi connectivity index (χ1) is 8.49. The smallest absolute Gasteiger partial charge is 0.341 e. The van der Waals surface area contributed by atoms with Crippen molar-refractivity contribution in [3.63, 3.8) is 0 Å². The SMILES string of the molecule is O=C(O)c1cc(-c2ccc(F)cc2F)n[nH]c1=O. The summed E-state index contributed by atoms with van der Waals surface area (Å²) in [5, 5.41) is 14.2. The number of carboxylic acid groups (broad SMARTS) is 1. The number of halogens is 2. The second-order valence-electron chi connectivity index (χ2n) is 3.43. The summed E-state index contributed by atoms with van der Waals surface area (Å²) >= 11 is 0. The van der Waals surface area contributed by atoms with Crippen LogP contribution in [0.5, 0.6) is 0 Å². The summed E-state index contributed by atoms with van der Waals surface area (Å²) in [5.74, 6) is -3.12. The number of aromatic carboxylic acids is 1. The van der Waals surface area contributed by atoms with E-state index in [1.54, 1.807) is 0 Å². The number of nitrogens with one attached hydrogen (secondary N) is 1. The van der Waals surface area contributed by atoms with Crippen molar-refractivity contribution in [3.8, 4) is 11.3 Å². The van der Waals surface area contributed by atoms with Crippen LogP contribution < -0.4 is 5.56 Å². The van der Waals surface area contributed by atoms with Crippen LogP contribution in [0, 0.1) is 11.6 Å². The summed E-state index contributed by atoms with van der Waals surface area (Å²) < 4.78 is 26.2. The lowest BCUT2D eigenvalue weighted by Crippen LogP contribution is -2.18. The van der Waals surface area contributed by atoms with Gasteiger partial charge in [0.05, 0.1) is 5.69 Å². The van der Waals surface area contributed by atoms with Crippen LogP contribution in [-0.2, 0) is 0 Å². The van der Waals surface area contributed by atoms with Crippen LogP contribution in [0.1, 0.15) is 10.4 Å². The quantitative estimate of drug-likeness (QED) is 0.846. The first-order valence-electron chi connectivity index (χ1n) is 4.77. The largest absolute Gasteiger partial charge is 0.477 e. The second kappa shape index (κ2) is 4.36. The lowest BCUT2D eigenvalue weighted by molar-refractivity contribution is 0.0694. The molecule has 1 aromatic heterocycles. The number of rotatable bonds is 2. The summed E-state index contributed by atoms with van der Waals surface area (Å²) in [6.45, 7) is 0. The molecule has 0 saturated carbocycles. The Labute approximate surface area is 98.7 Å². The van der Waals surface area contributed by atoms with Crippen LogP contribution >= 0.6 is 0 Å². The van der Waals surface area contributed by atoms with Gasteiger partial charge in [0, 0.05) is 11.6 Å². The number of carboxylic acids is 1. The van der Waals surface area contributed by atoms with Crippen LogP contribution in [0.3, 0.4) is 0 Å². The minimum absolute atomic E-state index is 0.0931. The maximum Gasteiger partial charge on any atom is 0.341 e. The van der Waals surface area contributed by atoms with Crippen molar-refractivity contribution in [2.75, 3.05) is 0 Å². The average molecular weight is 252 g/mol. The van der Waals surface area contributed by atoms with Crippen LogP contribution in [0.4, 0.5) is 8.78 Å². The molecule has 0 amide bonds. The Morgan fingerprint density at radius 3 is 2.61 bits per heavy atom. The molecular weight excluding hydrogens is 246 g/mol. The van der Waals surface area contributed by atoms with Gasteiger partial charge >= 0.3 is 5.97 Å². The summed E-state index contributed by atoms with van der Waals surface area (Å²) in [6.07, 6.45) is 0. The van der Waals surface area contributed by atoms with Gasteiger partial charge in [0.1, 0.15) is 17.2 Å². The molecule has 0 aliphatic heterocycles. The van der Waals surface area contributed by atoms with Gasteiger partial charge in [-0.1, -0.05) is 0 Å².